The second-order valence-corrected chi connectivity index (χ2v) is 6.79. The minimum absolute atomic E-state index is 0.297. The summed E-state index contributed by atoms with van der Waals surface area (Å²) in [4.78, 5) is 5.91. The Morgan fingerprint density at radius 1 is 1.42 bits per heavy atom. The zero-order valence-corrected chi connectivity index (χ0v) is 12.6. The van der Waals surface area contributed by atoms with Crippen molar-refractivity contribution in [1.82, 2.24) is 9.88 Å². The highest BCUT2D eigenvalue weighted by Gasteiger charge is 2.39. The maximum absolute atomic E-state index is 6.23. The topological polar surface area (TPSA) is 45.0 Å². The lowest BCUT2D eigenvalue weighted by Gasteiger charge is -2.44. The van der Waals surface area contributed by atoms with Gasteiger partial charge in [0.05, 0.1) is 4.60 Å². The third kappa shape index (κ3) is 1.63. The first-order chi connectivity index (χ1) is 9.15. The van der Waals surface area contributed by atoms with Crippen molar-refractivity contribution in [2.75, 3.05) is 13.6 Å². The Morgan fingerprint density at radius 2 is 2.26 bits per heavy atom. The molecule has 100 valence electrons. The highest BCUT2D eigenvalue weighted by Crippen LogP contribution is 2.44. The first kappa shape index (κ1) is 11.9. The second-order valence-electron chi connectivity index (χ2n) is 6.00. The first-order valence-electron chi connectivity index (χ1n) is 6.90. The van der Waals surface area contributed by atoms with Gasteiger partial charge in [0.1, 0.15) is 0 Å². The number of benzene rings is 1. The number of fused-ring (bicyclic) bond motifs is 2. The Morgan fingerprint density at radius 3 is 3.11 bits per heavy atom. The Kier molecular flexibility index (Phi) is 2.56. The molecule has 19 heavy (non-hydrogen) atoms. The molecular formula is C15H18BrN3. The van der Waals surface area contributed by atoms with Crippen LogP contribution >= 0.6 is 15.9 Å². The summed E-state index contributed by atoms with van der Waals surface area (Å²) in [5.74, 6) is 0.577. The number of halogens is 1. The standard InChI is InChI=1S/C15H18BrN3/c1-19-7-8(17)5-10-9-3-2-4-12-14(9)11(6-13(10)19)15(16)18-12/h2-4,8,10,13,18H,5-7,17H2,1H3/t8?,10-,13-/m1/s1. The summed E-state index contributed by atoms with van der Waals surface area (Å²) in [6.45, 7) is 1.01. The minimum atomic E-state index is 0.297. The molecule has 1 fully saturated rings. The predicted octanol–water partition coefficient (Wildman–Crippen LogP) is 2.60. The van der Waals surface area contributed by atoms with Crippen molar-refractivity contribution in [2.24, 2.45) is 5.73 Å². The molecule has 0 amide bonds. The number of hydrogen-bond donors (Lipinski definition) is 2. The van der Waals surface area contributed by atoms with Crippen LogP contribution in [0.25, 0.3) is 10.9 Å². The van der Waals surface area contributed by atoms with E-state index >= 15 is 0 Å². The number of aromatic nitrogens is 1. The molecule has 3 atom stereocenters. The first-order valence-corrected chi connectivity index (χ1v) is 7.69. The maximum Gasteiger partial charge on any atom is 0.0864 e. The van der Waals surface area contributed by atoms with Crippen molar-refractivity contribution in [3.63, 3.8) is 0 Å². The molecule has 1 unspecified atom stereocenters. The molecule has 0 saturated carbocycles. The van der Waals surface area contributed by atoms with E-state index in [1.54, 1.807) is 0 Å². The molecule has 4 heteroatoms. The van der Waals surface area contributed by atoms with Gasteiger partial charge in [-0.15, -0.1) is 0 Å². The van der Waals surface area contributed by atoms with Gasteiger partial charge < -0.3 is 15.6 Å². The fourth-order valence-electron chi connectivity index (χ4n) is 4.03. The van der Waals surface area contributed by atoms with Crippen molar-refractivity contribution in [3.8, 4) is 0 Å². The van der Waals surface area contributed by atoms with E-state index in [-0.39, 0.29) is 0 Å². The minimum Gasteiger partial charge on any atom is -0.349 e. The lowest BCUT2D eigenvalue weighted by atomic mass is 9.74. The molecule has 1 aliphatic heterocycles. The summed E-state index contributed by atoms with van der Waals surface area (Å²) in [5, 5.41) is 1.43. The summed E-state index contributed by atoms with van der Waals surface area (Å²) in [6.07, 6.45) is 2.22. The molecule has 0 radical (unpaired) electrons. The molecule has 1 aromatic heterocycles. The number of nitrogens with zero attached hydrogens (tertiary/aromatic N) is 1. The molecular weight excluding hydrogens is 302 g/mol. The van der Waals surface area contributed by atoms with Gasteiger partial charge in [-0.25, -0.2) is 0 Å². The molecule has 0 bridgehead atoms. The van der Waals surface area contributed by atoms with Gasteiger partial charge in [0.2, 0.25) is 0 Å². The number of likely N-dealkylation sites (N-methyl/N-ethyl adjacent to an activating group) is 1. The summed E-state index contributed by atoms with van der Waals surface area (Å²) in [6, 6.07) is 7.50. The SMILES string of the molecule is CN1CC(N)C[C@@H]2c3cccc4[nH]c(Br)c(c34)C[C@H]21. The van der Waals surface area contributed by atoms with Gasteiger partial charge >= 0.3 is 0 Å². The van der Waals surface area contributed by atoms with Crippen LogP contribution < -0.4 is 5.73 Å². The number of nitrogens with two attached hydrogens (primary N) is 1. The molecule has 1 aromatic carbocycles. The third-order valence-corrected chi connectivity index (χ3v) is 5.51. The van der Waals surface area contributed by atoms with Gasteiger partial charge in [0.15, 0.2) is 0 Å². The van der Waals surface area contributed by atoms with E-state index in [4.69, 9.17) is 5.73 Å². The predicted molar refractivity (Wildman–Crippen MR) is 81.5 cm³/mol. The van der Waals surface area contributed by atoms with Crippen LogP contribution in [0, 0.1) is 0 Å². The van der Waals surface area contributed by atoms with Gasteiger partial charge in [-0.2, -0.15) is 0 Å². The van der Waals surface area contributed by atoms with Crippen molar-refractivity contribution >= 4 is 26.8 Å². The maximum atomic E-state index is 6.23. The molecule has 3 N–H and O–H groups in total. The second kappa shape index (κ2) is 4.08. The average Bonchev–Trinajstić information content (AvgIpc) is 2.69. The van der Waals surface area contributed by atoms with E-state index in [1.165, 1.54) is 22.0 Å². The largest absolute Gasteiger partial charge is 0.349 e. The lowest BCUT2D eigenvalue weighted by Crippen LogP contribution is -2.52. The Labute approximate surface area is 121 Å². The molecule has 2 heterocycles. The van der Waals surface area contributed by atoms with Crippen molar-refractivity contribution in [1.29, 1.82) is 0 Å². The lowest BCUT2D eigenvalue weighted by molar-refractivity contribution is 0.141. The van der Waals surface area contributed by atoms with E-state index < -0.39 is 0 Å². The number of likely N-dealkylation sites (tertiary alicyclic amines) is 1. The van der Waals surface area contributed by atoms with E-state index in [0.29, 0.717) is 18.0 Å². The molecule has 2 aliphatic rings. The van der Waals surface area contributed by atoms with Crippen molar-refractivity contribution in [3.05, 3.63) is 33.9 Å². The third-order valence-electron chi connectivity index (χ3n) is 4.83. The number of aromatic amines is 1. The number of piperidine rings is 1. The van der Waals surface area contributed by atoms with E-state index in [2.05, 4.69) is 51.1 Å². The van der Waals surface area contributed by atoms with Crippen LogP contribution in [-0.2, 0) is 6.42 Å². The monoisotopic (exact) mass is 319 g/mol. The van der Waals surface area contributed by atoms with Gasteiger partial charge in [0, 0.05) is 35.4 Å². The quantitative estimate of drug-likeness (QED) is 0.784. The van der Waals surface area contributed by atoms with Crippen LogP contribution in [0.15, 0.2) is 22.8 Å². The number of rotatable bonds is 0. The molecule has 1 aliphatic carbocycles. The number of nitrogens with one attached hydrogen (secondary N) is 1. The smallest absolute Gasteiger partial charge is 0.0864 e. The normalized spacial score (nSPS) is 30.6. The Bertz CT molecular complexity index is 648. The summed E-state index contributed by atoms with van der Waals surface area (Å²) < 4.78 is 1.15. The van der Waals surface area contributed by atoms with E-state index in [0.717, 1.165) is 24.0 Å². The molecule has 2 aromatic rings. The molecule has 3 nitrogen and oxygen atoms in total. The highest BCUT2D eigenvalue weighted by atomic mass is 79.9. The number of H-pyrrole nitrogens is 1. The molecule has 4 rings (SSSR count). The van der Waals surface area contributed by atoms with Crippen molar-refractivity contribution < 1.29 is 0 Å². The summed E-state index contributed by atoms with van der Waals surface area (Å²) in [7, 11) is 2.21. The van der Waals surface area contributed by atoms with E-state index in [1.807, 2.05) is 0 Å². The average molecular weight is 320 g/mol. The fourth-order valence-corrected chi connectivity index (χ4v) is 4.60. The van der Waals surface area contributed by atoms with Gasteiger partial charge in [-0.1, -0.05) is 12.1 Å². The molecule has 0 spiro atoms. The van der Waals surface area contributed by atoms with Crippen LogP contribution in [0.4, 0.5) is 0 Å². The van der Waals surface area contributed by atoms with Gasteiger partial charge in [-0.05, 0) is 53.0 Å². The van der Waals surface area contributed by atoms with Crippen LogP contribution in [0.5, 0.6) is 0 Å². The highest BCUT2D eigenvalue weighted by molar-refractivity contribution is 9.10. The molecule has 1 saturated heterocycles. The summed E-state index contributed by atoms with van der Waals surface area (Å²) in [5.41, 5.74) is 10.4. The Balaban J connectivity index is 1.95. The Hall–Kier alpha value is -0.840. The van der Waals surface area contributed by atoms with Crippen LogP contribution in [0.2, 0.25) is 0 Å². The summed E-state index contributed by atoms with van der Waals surface area (Å²) >= 11 is 3.69. The van der Waals surface area contributed by atoms with Gasteiger partial charge in [-0.3, -0.25) is 0 Å². The van der Waals surface area contributed by atoms with Crippen LogP contribution in [0.1, 0.15) is 23.5 Å². The van der Waals surface area contributed by atoms with Crippen LogP contribution in [-0.4, -0.2) is 35.6 Å². The zero-order chi connectivity index (χ0) is 13.1. The zero-order valence-electron chi connectivity index (χ0n) is 11.0. The van der Waals surface area contributed by atoms with Gasteiger partial charge in [0.25, 0.3) is 0 Å². The fraction of sp³-hybridized carbons (Fsp3) is 0.467. The van der Waals surface area contributed by atoms with Crippen molar-refractivity contribution in [2.45, 2.75) is 30.8 Å². The van der Waals surface area contributed by atoms with Crippen LogP contribution in [0.3, 0.4) is 0 Å². The number of hydrogen-bond acceptors (Lipinski definition) is 2. The van der Waals surface area contributed by atoms with E-state index in [9.17, 15) is 0 Å².